The van der Waals surface area contributed by atoms with Crippen molar-refractivity contribution >= 4 is 5.91 Å². The predicted molar refractivity (Wildman–Crippen MR) is 128 cm³/mol. The Kier molecular flexibility index (Phi) is 7.66. The SMILES string of the molecule is COc1ccc(F)cc1-c1cccc(CC2(C(=O)N[C@@H](C)CN3CCCC3)CCOCC2)c1. The van der Waals surface area contributed by atoms with Crippen molar-refractivity contribution in [1.29, 1.82) is 0 Å². The summed E-state index contributed by atoms with van der Waals surface area (Å²) < 4.78 is 25.0. The first-order chi connectivity index (χ1) is 16.0. The van der Waals surface area contributed by atoms with Gasteiger partial charge in [-0.25, -0.2) is 4.39 Å². The molecular formula is C27H35FN2O3. The molecule has 0 aliphatic carbocycles. The minimum absolute atomic E-state index is 0.109. The number of ether oxygens (including phenoxy) is 2. The Morgan fingerprint density at radius 2 is 1.94 bits per heavy atom. The number of carbonyl (C=O) groups excluding carboxylic acids is 1. The highest BCUT2D eigenvalue weighted by Crippen LogP contribution is 2.37. The van der Waals surface area contributed by atoms with Gasteiger partial charge in [-0.15, -0.1) is 0 Å². The smallest absolute Gasteiger partial charge is 0.226 e. The molecule has 2 aromatic rings. The van der Waals surface area contributed by atoms with Crippen LogP contribution < -0.4 is 10.1 Å². The molecule has 5 nitrogen and oxygen atoms in total. The van der Waals surface area contributed by atoms with Crippen LogP contribution in [0, 0.1) is 11.2 Å². The zero-order valence-electron chi connectivity index (χ0n) is 19.7. The zero-order chi connectivity index (χ0) is 23.3. The molecule has 0 spiro atoms. The largest absolute Gasteiger partial charge is 0.496 e. The third-order valence-electron chi connectivity index (χ3n) is 6.98. The van der Waals surface area contributed by atoms with Gasteiger partial charge >= 0.3 is 0 Å². The standard InChI is InChI=1S/C27H35FN2O3/c1-20(19-30-12-3-4-13-30)29-26(31)27(10-14-33-15-11-27)18-21-6-5-7-22(16-21)24-17-23(28)8-9-25(24)32-2/h5-9,16-17,20H,3-4,10-15,18-19H2,1-2H3,(H,29,31)/t20-/m0/s1. The van der Waals surface area contributed by atoms with Crippen molar-refractivity contribution < 1.29 is 18.7 Å². The van der Waals surface area contributed by atoms with Gasteiger partial charge < -0.3 is 19.7 Å². The minimum atomic E-state index is -0.498. The summed E-state index contributed by atoms with van der Waals surface area (Å²) in [7, 11) is 1.59. The molecule has 2 fully saturated rings. The molecule has 0 unspecified atom stereocenters. The number of hydrogen-bond donors (Lipinski definition) is 1. The molecule has 2 aromatic carbocycles. The second-order valence-electron chi connectivity index (χ2n) is 9.50. The van der Waals surface area contributed by atoms with E-state index in [-0.39, 0.29) is 17.8 Å². The van der Waals surface area contributed by atoms with Crippen LogP contribution in [-0.2, 0) is 16.0 Å². The fourth-order valence-corrected chi connectivity index (χ4v) is 5.17. The monoisotopic (exact) mass is 454 g/mol. The Morgan fingerprint density at radius 1 is 1.18 bits per heavy atom. The fourth-order valence-electron chi connectivity index (χ4n) is 5.17. The van der Waals surface area contributed by atoms with Crippen molar-refractivity contribution in [1.82, 2.24) is 10.2 Å². The molecule has 2 saturated heterocycles. The van der Waals surface area contributed by atoms with Gasteiger partial charge in [0.05, 0.1) is 12.5 Å². The third kappa shape index (κ3) is 5.74. The van der Waals surface area contributed by atoms with Crippen LogP contribution in [0.15, 0.2) is 42.5 Å². The molecular weight excluding hydrogens is 419 g/mol. The van der Waals surface area contributed by atoms with E-state index in [9.17, 15) is 9.18 Å². The summed E-state index contributed by atoms with van der Waals surface area (Å²) in [5, 5.41) is 3.30. The van der Waals surface area contributed by atoms with Crippen molar-refractivity contribution in [3.05, 3.63) is 53.8 Å². The highest BCUT2D eigenvalue weighted by atomic mass is 19.1. The lowest BCUT2D eigenvalue weighted by molar-refractivity contribution is -0.137. The van der Waals surface area contributed by atoms with Crippen molar-refractivity contribution in [3.8, 4) is 16.9 Å². The molecule has 2 aliphatic rings. The normalized spacial score (nSPS) is 19.2. The van der Waals surface area contributed by atoms with Crippen molar-refractivity contribution in [2.24, 2.45) is 5.41 Å². The molecule has 4 rings (SSSR count). The van der Waals surface area contributed by atoms with E-state index in [1.165, 1.54) is 25.0 Å². The van der Waals surface area contributed by atoms with E-state index in [0.717, 1.165) is 30.8 Å². The lowest BCUT2D eigenvalue weighted by Gasteiger charge is -2.37. The van der Waals surface area contributed by atoms with E-state index in [4.69, 9.17) is 9.47 Å². The lowest BCUT2D eigenvalue weighted by Crippen LogP contribution is -2.51. The number of halogens is 1. The highest BCUT2D eigenvalue weighted by molar-refractivity contribution is 5.83. The molecule has 0 saturated carbocycles. The van der Waals surface area contributed by atoms with Gasteiger partial charge in [0.2, 0.25) is 5.91 Å². The van der Waals surface area contributed by atoms with Gasteiger partial charge in [0.1, 0.15) is 11.6 Å². The number of nitrogens with zero attached hydrogens (tertiary/aromatic N) is 1. The second-order valence-corrected chi connectivity index (χ2v) is 9.50. The summed E-state index contributed by atoms with van der Waals surface area (Å²) in [6.07, 6.45) is 4.51. The molecule has 0 radical (unpaired) electrons. The Morgan fingerprint density at radius 3 is 2.67 bits per heavy atom. The third-order valence-corrected chi connectivity index (χ3v) is 6.98. The number of benzene rings is 2. The number of rotatable bonds is 8. The highest BCUT2D eigenvalue weighted by Gasteiger charge is 2.40. The van der Waals surface area contributed by atoms with Gasteiger partial charge in [-0.3, -0.25) is 4.79 Å². The van der Waals surface area contributed by atoms with E-state index in [1.54, 1.807) is 13.2 Å². The number of likely N-dealkylation sites (tertiary alicyclic amines) is 1. The summed E-state index contributed by atoms with van der Waals surface area (Å²) in [5.41, 5.74) is 2.16. The first-order valence-electron chi connectivity index (χ1n) is 12.0. The topological polar surface area (TPSA) is 50.8 Å². The van der Waals surface area contributed by atoms with Crippen molar-refractivity contribution in [2.45, 2.75) is 45.1 Å². The lowest BCUT2D eigenvalue weighted by atomic mass is 9.74. The van der Waals surface area contributed by atoms with Gasteiger partial charge in [-0.2, -0.15) is 0 Å². The molecule has 178 valence electrons. The molecule has 2 heterocycles. The summed E-state index contributed by atoms with van der Waals surface area (Å²) >= 11 is 0. The van der Waals surface area contributed by atoms with E-state index >= 15 is 0 Å². The Labute approximate surface area is 196 Å². The first-order valence-corrected chi connectivity index (χ1v) is 12.0. The number of carbonyl (C=O) groups is 1. The number of amides is 1. The van der Waals surface area contributed by atoms with Crippen LogP contribution in [0.1, 0.15) is 38.2 Å². The van der Waals surface area contributed by atoms with Crippen LogP contribution in [0.25, 0.3) is 11.1 Å². The molecule has 1 N–H and O–H groups in total. The molecule has 33 heavy (non-hydrogen) atoms. The van der Waals surface area contributed by atoms with E-state index < -0.39 is 5.41 Å². The van der Waals surface area contributed by atoms with Gasteiger partial charge in [0.15, 0.2) is 0 Å². The Hall–Kier alpha value is -2.44. The van der Waals surface area contributed by atoms with Gasteiger partial charge in [0.25, 0.3) is 0 Å². The van der Waals surface area contributed by atoms with Crippen LogP contribution in [0.2, 0.25) is 0 Å². The minimum Gasteiger partial charge on any atom is -0.496 e. The molecule has 2 aliphatic heterocycles. The van der Waals surface area contributed by atoms with Crippen LogP contribution in [-0.4, -0.2) is 56.8 Å². The molecule has 0 aromatic heterocycles. The average Bonchev–Trinajstić information content (AvgIpc) is 3.32. The van der Waals surface area contributed by atoms with Crippen molar-refractivity contribution in [2.75, 3.05) is 40.0 Å². The zero-order valence-corrected chi connectivity index (χ0v) is 19.7. The quantitative estimate of drug-likeness (QED) is 0.641. The first kappa shape index (κ1) is 23.7. The summed E-state index contributed by atoms with van der Waals surface area (Å²) in [4.78, 5) is 16.0. The van der Waals surface area contributed by atoms with Crippen LogP contribution in [0.4, 0.5) is 4.39 Å². The number of nitrogens with one attached hydrogen (secondary N) is 1. The molecule has 0 bridgehead atoms. The second kappa shape index (κ2) is 10.7. The number of methoxy groups -OCH3 is 1. The van der Waals surface area contributed by atoms with Crippen molar-refractivity contribution in [3.63, 3.8) is 0 Å². The molecule has 1 amide bonds. The summed E-state index contributed by atoms with van der Waals surface area (Å²) in [5.74, 6) is 0.442. The maximum absolute atomic E-state index is 14.0. The molecule has 1 atom stereocenters. The average molecular weight is 455 g/mol. The van der Waals surface area contributed by atoms with E-state index in [2.05, 4.69) is 23.2 Å². The van der Waals surface area contributed by atoms with Gasteiger partial charge in [-0.1, -0.05) is 24.3 Å². The summed E-state index contributed by atoms with van der Waals surface area (Å²) in [6.45, 7) is 6.41. The van der Waals surface area contributed by atoms with E-state index in [1.807, 2.05) is 18.2 Å². The Bertz CT molecular complexity index is 952. The predicted octanol–water partition coefficient (Wildman–Crippen LogP) is 4.44. The summed E-state index contributed by atoms with van der Waals surface area (Å²) in [6, 6.07) is 12.7. The van der Waals surface area contributed by atoms with Crippen LogP contribution in [0.5, 0.6) is 5.75 Å². The fraction of sp³-hybridized carbons (Fsp3) is 0.519. The maximum atomic E-state index is 14.0. The van der Waals surface area contributed by atoms with Crippen LogP contribution >= 0.6 is 0 Å². The van der Waals surface area contributed by atoms with E-state index in [0.29, 0.717) is 43.8 Å². The Balaban J connectivity index is 1.53. The molecule has 6 heteroatoms. The number of hydrogen-bond acceptors (Lipinski definition) is 4. The van der Waals surface area contributed by atoms with Gasteiger partial charge in [0, 0.05) is 31.4 Å². The van der Waals surface area contributed by atoms with Gasteiger partial charge in [-0.05, 0) is 81.4 Å². The van der Waals surface area contributed by atoms with Crippen LogP contribution in [0.3, 0.4) is 0 Å². The maximum Gasteiger partial charge on any atom is 0.226 e.